The van der Waals surface area contributed by atoms with Gasteiger partial charge in [0.05, 0.1) is 13.1 Å². The third-order valence-electron chi connectivity index (χ3n) is 6.99. The van der Waals surface area contributed by atoms with Gasteiger partial charge in [-0.1, -0.05) is 38.0 Å². The van der Waals surface area contributed by atoms with Crippen molar-refractivity contribution in [2.45, 2.75) is 39.0 Å². The van der Waals surface area contributed by atoms with E-state index < -0.39 is 0 Å². The predicted octanol–water partition coefficient (Wildman–Crippen LogP) is 3.82. The van der Waals surface area contributed by atoms with Crippen molar-refractivity contribution >= 4 is 28.9 Å². The number of rotatable bonds is 8. The van der Waals surface area contributed by atoms with Crippen LogP contribution in [0, 0.1) is 0 Å². The Labute approximate surface area is 209 Å². The second-order valence-electron chi connectivity index (χ2n) is 9.61. The second kappa shape index (κ2) is 12.7. The van der Waals surface area contributed by atoms with Crippen molar-refractivity contribution in [3.8, 4) is 0 Å². The molecular weight excluding hydrogens is 438 g/mol. The fourth-order valence-electron chi connectivity index (χ4n) is 4.94. The van der Waals surface area contributed by atoms with E-state index >= 15 is 0 Å². The first kappa shape index (κ1) is 25.2. The number of carbonyl (C=O) groups excluding carboxylic acids is 2. The van der Waals surface area contributed by atoms with Crippen molar-refractivity contribution in [2.75, 3.05) is 67.9 Å². The van der Waals surface area contributed by atoms with Crippen LogP contribution in [-0.4, -0.2) is 74.0 Å². The Morgan fingerprint density at radius 2 is 1.29 bits per heavy atom. The zero-order valence-electron chi connectivity index (χ0n) is 21.0. The van der Waals surface area contributed by atoms with Gasteiger partial charge in [0.25, 0.3) is 0 Å². The molecule has 2 aromatic rings. The molecule has 0 saturated carbocycles. The van der Waals surface area contributed by atoms with Crippen LogP contribution in [0.1, 0.15) is 38.2 Å². The molecule has 188 valence electrons. The van der Waals surface area contributed by atoms with Crippen molar-refractivity contribution in [2.24, 2.45) is 0 Å². The smallest absolute Gasteiger partial charge is 0.238 e. The van der Waals surface area contributed by atoms with Crippen molar-refractivity contribution in [3.05, 3.63) is 54.1 Å². The summed E-state index contributed by atoms with van der Waals surface area (Å²) < 4.78 is 0. The average molecular weight is 478 g/mol. The van der Waals surface area contributed by atoms with E-state index in [1.807, 2.05) is 36.4 Å². The van der Waals surface area contributed by atoms with Crippen LogP contribution in [0.2, 0.25) is 0 Å². The number of anilines is 3. The normalized spacial score (nSPS) is 17.6. The Bertz CT molecular complexity index is 962. The molecule has 7 heteroatoms. The summed E-state index contributed by atoms with van der Waals surface area (Å²) in [6.07, 6.45) is 6.03. The summed E-state index contributed by atoms with van der Waals surface area (Å²) in [5, 5.41) is 6.08. The minimum absolute atomic E-state index is 0.00916. The van der Waals surface area contributed by atoms with Crippen LogP contribution in [-0.2, 0) is 16.0 Å². The Morgan fingerprint density at radius 1 is 0.714 bits per heavy atom. The first-order chi connectivity index (χ1) is 17.1. The van der Waals surface area contributed by atoms with Crippen LogP contribution in [0.15, 0.2) is 48.5 Å². The summed E-state index contributed by atoms with van der Waals surface area (Å²) >= 11 is 0. The molecule has 2 heterocycles. The number of piperazine rings is 1. The molecule has 2 aliphatic heterocycles. The number of benzene rings is 2. The lowest BCUT2D eigenvalue weighted by atomic mass is 10.1. The van der Waals surface area contributed by atoms with Gasteiger partial charge in [-0.3, -0.25) is 19.4 Å². The first-order valence-corrected chi connectivity index (χ1v) is 13.1. The lowest BCUT2D eigenvalue weighted by Gasteiger charge is -2.33. The molecule has 2 amide bonds. The summed E-state index contributed by atoms with van der Waals surface area (Å²) in [5.41, 5.74) is 4.13. The molecular formula is C28H39N5O2. The standard InChI is InChI=1S/C28H39N5O2/c1-2-23-9-5-6-10-26(23)30-28(35)22-32-19-17-31(18-20-32)21-27(34)29-24-11-13-25(14-12-24)33-15-7-3-4-8-16-33/h5-6,9-14H,2-4,7-8,15-22H2,1H3,(H,29,34)(H,30,35). The largest absolute Gasteiger partial charge is 0.372 e. The zero-order valence-corrected chi connectivity index (χ0v) is 21.0. The summed E-state index contributed by atoms with van der Waals surface area (Å²) in [4.78, 5) is 31.9. The van der Waals surface area contributed by atoms with E-state index in [4.69, 9.17) is 0 Å². The van der Waals surface area contributed by atoms with Gasteiger partial charge in [0.2, 0.25) is 11.8 Å². The molecule has 0 spiro atoms. The highest BCUT2D eigenvalue weighted by atomic mass is 16.2. The number of aryl methyl sites for hydroxylation is 1. The minimum Gasteiger partial charge on any atom is -0.372 e. The van der Waals surface area contributed by atoms with Crippen molar-refractivity contribution in [1.82, 2.24) is 9.80 Å². The zero-order chi connectivity index (χ0) is 24.5. The molecule has 2 N–H and O–H groups in total. The van der Waals surface area contributed by atoms with Gasteiger partial charge in [-0.05, 0) is 55.2 Å². The maximum Gasteiger partial charge on any atom is 0.238 e. The fraction of sp³-hybridized carbons (Fsp3) is 0.500. The van der Waals surface area contributed by atoms with Gasteiger partial charge < -0.3 is 15.5 Å². The average Bonchev–Trinajstić information content (AvgIpc) is 3.16. The Hall–Kier alpha value is -2.90. The summed E-state index contributed by atoms with van der Waals surface area (Å²) in [6.45, 7) is 8.18. The van der Waals surface area contributed by atoms with Gasteiger partial charge in [-0.15, -0.1) is 0 Å². The fourth-order valence-corrected chi connectivity index (χ4v) is 4.94. The maximum atomic E-state index is 12.6. The van der Waals surface area contributed by atoms with Gasteiger partial charge in [-0.2, -0.15) is 0 Å². The van der Waals surface area contributed by atoms with Gasteiger partial charge in [-0.25, -0.2) is 0 Å². The molecule has 2 saturated heterocycles. The molecule has 2 fully saturated rings. The van der Waals surface area contributed by atoms with Gasteiger partial charge >= 0.3 is 0 Å². The molecule has 35 heavy (non-hydrogen) atoms. The molecule has 2 aromatic carbocycles. The molecule has 7 nitrogen and oxygen atoms in total. The van der Waals surface area contributed by atoms with E-state index in [1.165, 1.54) is 31.4 Å². The molecule has 0 radical (unpaired) electrons. The number of nitrogens with zero attached hydrogens (tertiary/aromatic N) is 3. The van der Waals surface area contributed by atoms with Gasteiger partial charge in [0.15, 0.2) is 0 Å². The molecule has 0 atom stereocenters. The molecule has 2 aliphatic rings. The lowest BCUT2D eigenvalue weighted by Crippen LogP contribution is -2.50. The van der Waals surface area contributed by atoms with Crippen LogP contribution >= 0.6 is 0 Å². The molecule has 0 bridgehead atoms. The minimum atomic E-state index is 0.00916. The number of nitrogens with one attached hydrogen (secondary N) is 2. The number of para-hydroxylation sites is 1. The number of hydrogen-bond donors (Lipinski definition) is 2. The van der Waals surface area contributed by atoms with Crippen molar-refractivity contribution in [1.29, 1.82) is 0 Å². The van der Waals surface area contributed by atoms with E-state index in [2.05, 4.69) is 44.4 Å². The Morgan fingerprint density at radius 3 is 1.89 bits per heavy atom. The van der Waals surface area contributed by atoms with Crippen LogP contribution < -0.4 is 15.5 Å². The third kappa shape index (κ3) is 7.54. The van der Waals surface area contributed by atoms with E-state index in [1.54, 1.807) is 0 Å². The Balaban J connectivity index is 1.17. The quantitative estimate of drug-likeness (QED) is 0.605. The summed E-state index contributed by atoms with van der Waals surface area (Å²) in [5.74, 6) is 0.0237. The van der Waals surface area contributed by atoms with E-state index in [0.717, 1.165) is 62.6 Å². The number of hydrogen-bond acceptors (Lipinski definition) is 5. The van der Waals surface area contributed by atoms with Gasteiger partial charge in [0, 0.05) is 56.3 Å². The highest BCUT2D eigenvalue weighted by molar-refractivity contribution is 5.93. The highest BCUT2D eigenvalue weighted by Gasteiger charge is 2.21. The number of amides is 2. The first-order valence-electron chi connectivity index (χ1n) is 13.1. The van der Waals surface area contributed by atoms with Crippen molar-refractivity contribution < 1.29 is 9.59 Å². The molecule has 4 rings (SSSR count). The summed E-state index contributed by atoms with van der Waals surface area (Å²) in [6, 6.07) is 16.2. The SMILES string of the molecule is CCc1ccccc1NC(=O)CN1CCN(CC(=O)Nc2ccc(N3CCCCCC3)cc2)CC1. The topological polar surface area (TPSA) is 67.9 Å². The summed E-state index contributed by atoms with van der Waals surface area (Å²) in [7, 11) is 0. The highest BCUT2D eigenvalue weighted by Crippen LogP contribution is 2.21. The van der Waals surface area contributed by atoms with Gasteiger partial charge in [0.1, 0.15) is 0 Å². The van der Waals surface area contributed by atoms with E-state index in [-0.39, 0.29) is 11.8 Å². The molecule has 0 aliphatic carbocycles. The predicted molar refractivity (Wildman–Crippen MR) is 143 cm³/mol. The monoisotopic (exact) mass is 477 g/mol. The van der Waals surface area contributed by atoms with Crippen LogP contribution in [0.25, 0.3) is 0 Å². The number of carbonyl (C=O) groups is 2. The van der Waals surface area contributed by atoms with Crippen LogP contribution in [0.4, 0.5) is 17.1 Å². The van der Waals surface area contributed by atoms with Crippen molar-refractivity contribution in [3.63, 3.8) is 0 Å². The Kier molecular flexibility index (Phi) is 9.15. The maximum absolute atomic E-state index is 12.6. The second-order valence-corrected chi connectivity index (χ2v) is 9.61. The van der Waals surface area contributed by atoms with E-state index in [0.29, 0.717) is 13.1 Å². The third-order valence-corrected chi connectivity index (χ3v) is 6.99. The van der Waals surface area contributed by atoms with Crippen LogP contribution in [0.5, 0.6) is 0 Å². The molecule has 0 unspecified atom stereocenters. The lowest BCUT2D eigenvalue weighted by molar-refractivity contribution is -0.120. The van der Waals surface area contributed by atoms with E-state index in [9.17, 15) is 9.59 Å². The van der Waals surface area contributed by atoms with Crippen LogP contribution in [0.3, 0.4) is 0 Å². The molecule has 0 aromatic heterocycles.